The van der Waals surface area contributed by atoms with Gasteiger partial charge < -0.3 is 19.0 Å². The van der Waals surface area contributed by atoms with E-state index >= 15 is 0 Å². The Hall–Kier alpha value is -3.66. The minimum Gasteiger partial charge on any atom is -0.497 e. The van der Waals surface area contributed by atoms with Crippen molar-refractivity contribution in [2.75, 3.05) is 14.2 Å². The highest BCUT2D eigenvalue weighted by molar-refractivity contribution is 7.98. The summed E-state index contributed by atoms with van der Waals surface area (Å²) < 4.78 is 29.0. The SMILES string of the molecule is COc1ccc(-c2noc(CSc3nc(-c4ccc(F)cc4)cc(=O)[nH]3)n2)c(OC)c1. The lowest BCUT2D eigenvalue weighted by atomic mass is 10.1. The number of aromatic nitrogens is 4. The summed E-state index contributed by atoms with van der Waals surface area (Å²) in [6.07, 6.45) is 0. The van der Waals surface area contributed by atoms with E-state index < -0.39 is 0 Å². The van der Waals surface area contributed by atoms with Crippen LogP contribution in [0.2, 0.25) is 0 Å². The minimum atomic E-state index is -0.358. The number of thioether (sulfide) groups is 1. The van der Waals surface area contributed by atoms with Gasteiger partial charge in [0.05, 0.1) is 31.2 Å². The highest BCUT2D eigenvalue weighted by atomic mass is 32.2. The molecule has 0 atom stereocenters. The zero-order valence-electron chi connectivity index (χ0n) is 16.6. The van der Waals surface area contributed by atoms with Crippen LogP contribution in [0, 0.1) is 5.82 Å². The standard InChI is InChI=1S/C21H17FN4O4S/c1-28-14-7-8-15(17(9-14)29-2)20-25-19(30-26-20)11-31-21-23-16(10-18(27)24-21)12-3-5-13(22)6-4-12/h3-10H,11H2,1-2H3,(H,23,24,27). The first-order chi connectivity index (χ1) is 15.1. The summed E-state index contributed by atoms with van der Waals surface area (Å²) >= 11 is 1.24. The van der Waals surface area contributed by atoms with E-state index in [1.807, 2.05) is 0 Å². The number of nitrogens with one attached hydrogen (secondary N) is 1. The van der Waals surface area contributed by atoms with Crippen molar-refractivity contribution >= 4 is 11.8 Å². The molecule has 0 amide bonds. The van der Waals surface area contributed by atoms with Gasteiger partial charge in [0.1, 0.15) is 17.3 Å². The Morgan fingerprint density at radius 3 is 2.61 bits per heavy atom. The molecule has 0 bridgehead atoms. The number of ether oxygens (including phenoxy) is 2. The van der Waals surface area contributed by atoms with Crippen LogP contribution in [0.4, 0.5) is 4.39 Å². The fourth-order valence-electron chi connectivity index (χ4n) is 2.81. The molecule has 1 N–H and O–H groups in total. The third kappa shape index (κ3) is 4.75. The molecule has 0 fully saturated rings. The highest BCUT2D eigenvalue weighted by Gasteiger charge is 2.15. The third-order valence-electron chi connectivity index (χ3n) is 4.31. The molecule has 0 unspecified atom stereocenters. The average Bonchev–Trinajstić information content (AvgIpc) is 3.26. The number of methoxy groups -OCH3 is 2. The van der Waals surface area contributed by atoms with Crippen molar-refractivity contribution < 1.29 is 18.4 Å². The Bertz CT molecular complexity index is 1260. The lowest BCUT2D eigenvalue weighted by Gasteiger charge is -2.07. The number of rotatable bonds is 7. The van der Waals surface area contributed by atoms with Crippen molar-refractivity contribution in [1.29, 1.82) is 0 Å². The molecule has 0 spiro atoms. The molecule has 8 nitrogen and oxygen atoms in total. The number of nitrogens with zero attached hydrogens (tertiary/aromatic N) is 3. The summed E-state index contributed by atoms with van der Waals surface area (Å²) in [5.41, 5.74) is 1.43. The van der Waals surface area contributed by atoms with E-state index in [9.17, 15) is 9.18 Å². The van der Waals surface area contributed by atoms with E-state index in [0.717, 1.165) is 0 Å². The number of hydrogen-bond acceptors (Lipinski definition) is 8. The Labute approximate surface area is 180 Å². The molecule has 2 aromatic heterocycles. The van der Waals surface area contributed by atoms with Crippen molar-refractivity contribution in [3.8, 4) is 34.1 Å². The van der Waals surface area contributed by atoms with Crippen LogP contribution in [-0.2, 0) is 5.75 Å². The van der Waals surface area contributed by atoms with Gasteiger partial charge in [-0.25, -0.2) is 9.37 Å². The van der Waals surface area contributed by atoms with Crippen LogP contribution in [0.1, 0.15) is 5.89 Å². The molecule has 158 valence electrons. The number of H-pyrrole nitrogens is 1. The topological polar surface area (TPSA) is 103 Å². The molecule has 0 aliphatic heterocycles. The van der Waals surface area contributed by atoms with Gasteiger partial charge in [-0.15, -0.1) is 0 Å². The maximum absolute atomic E-state index is 13.1. The first kappa shape index (κ1) is 20.6. The van der Waals surface area contributed by atoms with Crippen LogP contribution in [0.5, 0.6) is 11.5 Å². The highest BCUT2D eigenvalue weighted by Crippen LogP contribution is 2.32. The van der Waals surface area contributed by atoms with Crippen LogP contribution < -0.4 is 15.0 Å². The van der Waals surface area contributed by atoms with Crippen molar-refractivity contribution in [3.63, 3.8) is 0 Å². The summed E-state index contributed by atoms with van der Waals surface area (Å²) in [5, 5.41) is 4.39. The fraction of sp³-hybridized carbons (Fsp3) is 0.143. The number of benzene rings is 2. The van der Waals surface area contributed by atoms with E-state index in [-0.39, 0.29) is 11.4 Å². The smallest absolute Gasteiger partial charge is 0.252 e. The van der Waals surface area contributed by atoms with E-state index in [4.69, 9.17) is 14.0 Å². The Balaban J connectivity index is 1.52. The molecule has 2 heterocycles. The number of hydrogen-bond donors (Lipinski definition) is 1. The maximum Gasteiger partial charge on any atom is 0.252 e. The zero-order chi connectivity index (χ0) is 21.8. The van der Waals surface area contributed by atoms with E-state index in [1.165, 1.54) is 30.0 Å². The fourth-order valence-corrected chi connectivity index (χ4v) is 3.52. The van der Waals surface area contributed by atoms with E-state index in [1.54, 1.807) is 44.6 Å². The monoisotopic (exact) mass is 440 g/mol. The molecule has 0 aliphatic rings. The van der Waals surface area contributed by atoms with Crippen LogP contribution in [0.15, 0.2) is 63.0 Å². The lowest BCUT2D eigenvalue weighted by molar-refractivity contribution is 0.388. The molecular formula is C21H17FN4O4S. The quantitative estimate of drug-likeness (QED) is 0.341. The average molecular weight is 440 g/mol. The van der Waals surface area contributed by atoms with Crippen molar-refractivity contribution in [2.45, 2.75) is 10.9 Å². The van der Waals surface area contributed by atoms with Crippen LogP contribution in [-0.4, -0.2) is 34.3 Å². The molecule has 0 saturated carbocycles. The van der Waals surface area contributed by atoms with Gasteiger partial charge in [-0.1, -0.05) is 16.9 Å². The summed E-state index contributed by atoms with van der Waals surface area (Å²) in [6, 6.07) is 12.4. The van der Waals surface area contributed by atoms with Crippen molar-refractivity contribution in [2.24, 2.45) is 0 Å². The number of halogens is 1. The summed E-state index contributed by atoms with van der Waals surface area (Å²) in [5.74, 6) is 1.86. The molecule has 10 heteroatoms. The largest absolute Gasteiger partial charge is 0.497 e. The summed E-state index contributed by atoms with van der Waals surface area (Å²) in [6.45, 7) is 0. The Kier molecular flexibility index (Phi) is 5.99. The number of aromatic amines is 1. The van der Waals surface area contributed by atoms with Crippen LogP contribution >= 0.6 is 11.8 Å². The first-order valence-electron chi connectivity index (χ1n) is 9.11. The minimum absolute atomic E-state index is 0.293. The lowest BCUT2D eigenvalue weighted by Crippen LogP contribution is -2.08. The second kappa shape index (κ2) is 9.00. The predicted octanol–water partition coefficient (Wildman–Crippen LogP) is 3.94. The van der Waals surface area contributed by atoms with E-state index in [2.05, 4.69) is 20.1 Å². The van der Waals surface area contributed by atoms with Gasteiger partial charge in [-0.2, -0.15) is 4.98 Å². The van der Waals surface area contributed by atoms with E-state index in [0.29, 0.717) is 50.9 Å². The van der Waals surface area contributed by atoms with Crippen molar-refractivity contribution in [3.05, 3.63) is 70.6 Å². The Morgan fingerprint density at radius 2 is 1.87 bits per heavy atom. The van der Waals surface area contributed by atoms with Crippen LogP contribution in [0.3, 0.4) is 0 Å². The molecular weight excluding hydrogens is 423 g/mol. The van der Waals surface area contributed by atoms with Gasteiger partial charge in [0, 0.05) is 17.7 Å². The first-order valence-corrected chi connectivity index (χ1v) is 10.1. The normalized spacial score (nSPS) is 10.8. The third-order valence-corrected chi connectivity index (χ3v) is 5.17. The van der Waals surface area contributed by atoms with Gasteiger partial charge in [0.15, 0.2) is 5.16 Å². The molecule has 0 aliphatic carbocycles. The van der Waals surface area contributed by atoms with Gasteiger partial charge in [-0.3, -0.25) is 4.79 Å². The molecule has 31 heavy (non-hydrogen) atoms. The molecule has 2 aromatic carbocycles. The second-order valence-corrected chi connectivity index (χ2v) is 7.27. The summed E-state index contributed by atoms with van der Waals surface area (Å²) in [7, 11) is 3.12. The van der Waals surface area contributed by atoms with Gasteiger partial charge in [-0.05, 0) is 36.4 Å². The van der Waals surface area contributed by atoms with Gasteiger partial charge in [0.25, 0.3) is 5.56 Å². The van der Waals surface area contributed by atoms with Gasteiger partial charge >= 0.3 is 0 Å². The maximum atomic E-state index is 13.1. The summed E-state index contributed by atoms with van der Waals surface area (Å²) in [4.78, 5) is 23.5. The second-order valence-electron chi connectivity index (χ2n) is 6.31. The molecule has 0 radical (unpaired) electrons. The van der Waals surface area contributed by atoms with Crippen molar-refractivity contribution in [1.82, 2.24) is 20.1 Å². The Morgan fingerprint density at radius 1 is 1.06 bits per heavy atom. The molecule has 4 aromatic rings. The molecule has 4 rings (SSSR count). The zero-order valence-corrected chi connectivity index (χ0v) is 17.4. The molecule has 0 saturated heterocycles. The van der Waals surface area contributed by atoms with Gasteiger partial charge in [0.2, 0.25) is 11.7 Å². The predicted molar refractivity (Wildman–Crippen MR) is 113 cm³/mol. The van der Waals surface area contributed by atoms with Crippen LogP contribution in [0.25, 0.3) is 22.6 Å².